The summed E-state index contributed by atoms with van der Waals surface area (Å²) in [7, 11) is 0. The minimum atomic E-state index is -0.490. The summed E-state index contributed by atoms with van der Waals surface area (Å²) in [5, 5.41) is 2.76. The fraction of sp³-hybridized carbons (Fsp3) is 0.667. The van der Waals surface area contributed by atoms with E-state index in [1.54, 1.807) is 4.90 Å². The Morgan fingerprint density at radius 2 is 2.12 bits per heavy atom. The molecule has 0 aromatic carbocycles. The molecule has 0 saturated carbocycles. The molecule has 0 aliphatic carbocycles. The SMILES string of the molecule is C#CCN1CCC(=O)NC(C(C)(C)C)C1=O. The van der Waals surface area contributed by atoms with Gasteiger partial charge in [-0.3, -0.25) is 9.59 Å². The molecule has 0 bridgehead atoms. The van der Waals surface area contributed by atoms with Gasteiger partial charge in [-0.2, -0.15) is 0 Å². The zero-order valence-corrected chi connectivity index (χ0v) is 10.0. The maximum absolute atomic E-state index is 12.1. The fourth-order valence-electron chi connectivity index (χ4n) is 1.68. The van der Waals surface area contributed by atoms with Gasteiger partial charge in [0.1, 0.15) is 6.04 Å². The van der Waals surface area contributed by atoms with Crippen molar-refractivity contribution in [3.05, 3.63) is 0 Å². The van der Waals surface area contributed by atoms with E-state index in [9.17, 15) is 9.59 Å². The summed E-state index contributed by atoms with van der Waals surface area (Å²) >= 11 is 0. The Kier molecular flexibility index (Phi) is 3.58. The van der Waals surface area contributed by atoms with Crippen molar-refractivity contribution in [3.8, 4) is 12.3 Å². The smallest absolute Gasteiger partial charge is 0.246 e. The lowest BCUT2D eigenvalue weighted by Gasteiger charge is -2.31. The second-order valence-corrected chi connectivity index (χ2v) is 5.08. The van der Waals surface area contributed by atoms with Crippen LogP contribution in [0.2, 0.25) is 0 Å². The summed E-state index contributed by atoms with van der Waals surface area (Å²) in [5.74, 6) is 2.27. The Morgan fingerprint density at radius 3 is 2.62 bits per heavy atom. The predicted molar refractivity (Wildman–Crippen MR) is 61.4 cm³/mol. The molecule has 1 rings (SSSR count). The van der Waals surface area contributed by atoms with Crippen LogP contribution in [0.25, 0.3) is 0 Å². The first-order valence-electron chi connectivity index (χ1n) is 5.38. The molecule has 1 heterocycles. The topological polar surface area (TPSA) is 49.4 Å². The third kappa shape index (κ3) is 2.75. The molecule has 0 radical (unpaired) electrons. The lowest BCUT2D eigenvalue weighted by atomic mass is 9.86. The van der Waals surface area contributed by atoms with Crippen molar-refractivity contribution in [2.75, 3.05) is 13.1 Å². The minimum Gasteiger partial charge on any atom is -0.344 e. The first-order valence-corrected chi connectivity index (χ1v) is 5.38. The average molecular weight is 222 g/mol. The van der Waals surface area contributed by atoms with Gasteiger partial charge in [-0.25, -0.2) is 0 Å². The van der Waals surface area contributed by atoms with Gasteiger partial charge < -0.3 is 10.2 Å². The summed E-state index contributed by atoms with van der Waals surface area (Å²) in [4.78, 5) is 25.2. The van der Waals surface area contributed by atoms with Crippen molar-refractivity contribution in [1.29, 1.82) is 0 Å². The molecular formula is C12H18N2O2. The highest BCUT2D eigenvalue weighted by Gasteiger charge is 2.37. The van der Waals surface area contributed by atoms with E-state index in [0.29, 0.717) is 13.0 Å². The number of terminal acetylenes is 1. The molecule has 16 heavy (non-hydrogen) atoms. The molecular weight excluding hydrogens is 204 g/mol. The van der Waals surface area contributed by atoms with Crippen molar-refractivity contribution in [2.45, 2.75) is 33.2 Å². The normalized spacial score (nSPS) is 22.4. The molecule has 0 aromatic heterocycles. The Hall–Kier alpha value is -1.50. The number of rotatable bonds is 1. The highest BCUT2D eigenvalue weighted by atomic mass is 16.2. The van der Waals surface area contributed by atoms with Gasteiger partial charge in [-0.15, -0.1) is 6.42 Å². The fourth-order valence-corrected chi connectivity index (χ4v) is 1.68. The lowest BCUT2D eigenvalue weighted by molar-refractivity contribution is -0.135. The van der Waals surface area contributed by atoms with E-state index in [4.69, 9.17) is 6.42 Å². The van der Waals surface area contributed by atoms with Gasteiger partial charge in [0.15, 0.2) is 0 Å². The first kappa shape index (κ1) is 12.6. The van der Waals surface area contributed by atoms with Crippen LogP contribution in [0.5, 0.6) is 0 Å². The molecule has 1 aliphatic rings. The van der Waals surface area contributed by atoms with Crippen LogP contribution in [-0.4, -0.2) is 35.8 Å². The van der Waals surface area contributed by atoms with Crippen LogP contribution in [0.1, 0.15) is 27.2 Å². The third-order valence-corrected chi connectivity index (χ3v) is 2.62. The number of hydrogen-bond donors (Lipinski definition) is 1. The van der Waals surface area contributed by atoms with Gasteiger partial charge in [0.2, 0.25) is 11.8 Å². The van der Waals surface area contributed by atoms with E-state index in [1.165, 1.54) is 0 Å². The van der Waals surface area contributed by atoms with Crippen molar-refractivity contribution < 1.29 is 9.59 Å². The van der Waals surface area contributed by atoms with E-state index in [0.717, 1.165) is 0 Å². The minimum absolute atomic E-state index is 0.0868. The monoisotopic (exact) mass is 222 g/mol. The summed E-state index contributed by atoms with van der Waals surface area (Å²) < 4.78 is 0. The van der Waals surface area contributed by atoms with E-state index in [2.05, 4.69) is 11.2 Å². The number of amides is 2. The lowest BCUT2D eigenvalue weighted by Crippen LogP contribution is -2.51. The number of hydrogen-bond acceptors (Lipinski definition) is 2. The number of carbonyl (C=O) groups excluding carboxylic acids is 2. The second-order valence-electron chi connectivity index (χ2n) is 5.08. The standard InChI is InChI=1S/C12H18N2O2/c1-5-7-14-8-6-9(15)13-10(11(14)16)12(2,3)4/h1,10H,6-8H2,2-4H3,(H,13,15). The largest absolute Gasteiger partial charge is 0.344 e. The Balaban J connectivity index is 2.93. The molecule has 2 amide bonds. The molecule has 1 fully saturated rings. The van der Waals surface area contributed by atoms with Crippen molar-refractivity contribution >= 4 is 11.8 Å². The number of nitrogens with zero attached hydrogens (tertiary/aromatic N) is 1. The van der Waals surface area contributed by atoms with Crippen LogP contribution >= 0.6 is 0 Å². The maximum Gasteiger partial charge on any atom is 0.246 e. The zero-order chi connectivity index (χ0) is 12.3. The van der Waals surface area contributed by atoms with Gasteiger partial charge in [0.05, 0.1) is 6.54 Å². The van der Waals surface area contributed by atoms with Crippen LogP contribution in [0.3, 0.4) is 0 Å². The Labute approximate surface area is 96.4 Å². The molecule has 1 saturated heterocycles. The average Bonchev–Trinajstić information content (AvgIpc) is 2.30. The highest BCUT2D eigenvalue weighted by Crippen LogP contribution is 2.22. The first-order chi connectivity index (χ1) is 7.36. The molecule has 0 spiro atoms. The maximum atomic E-state index is 12.1. The van der Waals surface area contributed by atoms with Crippen molar-refractivity contribution in [1.82, 2.24) is 10.2 Å². The molecule has 1 N–H and O–H groups in total. The predicted octanol–water partition coefficient (Wildman–Crippen LogP) is 0.383. The van der Waals surface area contributed by atoms with Crippen LogP contribution in [-0.2, 0) is 9.59 Å². The third-order valence-electron chi connectivity index (χ3n) is 2.62. The van der Waals surface area contributed by atoms with Crippen LogP contribution in [0.15, 0.2) is 0 Å². The molecule has 1 atom stereocenters. The Bertz CT molecular complexity index is 336. The highest BCUT2D eigenvalue weighted by molar-refractivity contribution is 5.90. The molecule has 4 nitrogen and oxygen atoms in total. The van der Waals surface area contributed by atoms with Gasteiger partial charge >= 0.3 is 0 Å². The van der Waals surface area contributed by atoms with Gasteiger partial charge in [0.25, 0.3) is 0 Å². The van der Waals surface area contributed by atoms with E-state index >= 15 is 0 Å². The van der Waals surface area contributed by atoms with Crippen LogP contribution < -0.4 is 5.32 Å². The summed E-state index contributed by atoms with van der Waals surface area (Å²) in [6.07, 6.45) is 5.53. The van der Waals surface area contributed by atoms with Crippen molar-refractivity contribution in [3.63, 3.8) is 0 Å². The summed E-state index contributed by atoms with van der Waals surface area (Å²) in [5.41, 5.74) is -0.302. The molecule has 1 unspecified atom stereocenters. The van der Waals surface area contributed by atoms with Gasteiger partial charge in [-0.05, 0) is 5.41 Å². The number of carbonyl (C=O) groups is 2. The van der Waals surface area contributed by atoms with Crippen LogP contribution in [0.4, 0.5) is 0 Å². The molecule has 4 heteroatoms. The van der Waals surface area contributed by atoms with Crippen molar-refractivity contribution in [2.24, 2.45) is 5.41 Å². The zero-order valence-electron chi connectivity index (χ0n) is 10.0. The van der Waals surface area contributed by atoms with Gasteiger partial charge in [0, 0.05) is 13.0 Å². The van der Waals surface area contributed by atoms with Crippen LogP contribution in [0, 0.1) is 17.8 Å². The van der Waals surface area contributed by atoms with E-state index in [-0.39, 0.29) is 23.8 Å². The number of nitrogens with one attached hydrogen (secondary N) is 1. The molecule has 88 valence electrons. The second kappa shape index (κ2) is 4.56. The Morgan fingerprint density at radius 1 is 1.50 bits per heavy atom. The quantitative estimate of drug-likeness (QED) is 0.652. The molecule has 0 aromatic rings. The van der Waals surface area contributed by atoms with E-state index < -0.39 is 6.04 Å². The molecule has 1 aliphatic heterocycles. The van der Waals surface area contributed by atoms with E-state index in [1.807, 2.05) is 20.8 Å². The van der Waals surface area contributed by atoms with Gasteiger partial charge in [-0.1, -0.05) is 26.7 Å². The summed E-state index contributed by atoms with van der Waals surface area (Å²) in [6, 6.07) is -0.490. The summed E-state index contributed by atoms with van der Waals surface area (Å²) in [6.45, 7) is 6.45.